The molecule has 0 bridgehead atoms. The van der Waals surface area contributed by atoms with Crippen LogP contribution in [0.2, 0.25) is 0 Å². The third-order valence-electron chi connectivity index (χ3n) is 3.44. The van der Waals surface area contributed by atoms with E-state index in [-0.39, 0.29) is 6.04 Å². The van der Waals surface area contributed by atoms with Crippen LogP contribution >= 0.6 is 0 Å². The van der Waals surface area contributed by atoms with Crippen molar-refractivity contribution in [1.82, 2.24) is 4.90 Å². The normalized spacial score (nSPS) is 17.1. The highest BCUT2D eigenvalue weighted by Crippen LogP contribution is 2.23. The van der Waals surface area contributed by atoms with Crippen molar-refractivity contribution in [2.75, 3.05) is 20.3 Å². The zero-order valence-electron chi connectivity index (χ0n) is 11.1. The van der Waals surface area contributed by atoms with Crippen LogP contribution in [0, 0.1) is 0 Å². The SMILES string of the molecule is CCC(C)N(CCOC)C(C)(CC)C(=O)O. The van der Waals surface area contributed by atoms with E-state index in [9.17, 15) is 9.90 Å². The molecule has 0 aliphatic heterocycles. The van der Waals surface area contributed by atoms with Gasteiger partial charge in [-0.05, 0) is 26.7 Å². The third kappa shape index (κ3) is 3.46. The summed E-state index contributed by atoms with van der Waals surface area (Å²) in [5, 5.41) is 9.36. The number of aliphatic carboxylic acids is 1. The minimum atomic E-state index is -0.798. The van der Waals surface area contributed by atoms with E-state index in [0.29, 0.717) is 19.6 Å². The lowest BCUT2D eigenvalue weighted by Gasteiger charge is -2.41. The summed E-state index contributed by atoms with van der Waals surface area (Å²) in [7, 11) is 1.64. The van der Waals surface area contributed by atoms with Crippen molar-refractivity contribution in [2.24, 2.45) is 0 Å². The van der Waals surface area contributed by atoms with Gasteiger partial charge in [-0.2, -0.15) is 0 Å². The van der Waals surface area contributed by atoms with Crippen LogP contribution in [-0.4, -0.2) is 47.8 Å². The van der Waals surface area contributed by atoms with E-state index in [0.717, 1.165) is 6.42 Å². The summed E-state index contributed by atoms with van der Waals surface area (Å²) in [4.78, 5) is 13.4. The largest absolute Gasteiger partial charge is 0.480 e. The third-order valence-corrected chi connectivity index (χ3v) is 3.44. The zero-order valence-corrected chi connectivity index (χ0v) is 11.1. The van der Waals surface area contributed by atoms with Crippen LogP contribution in [0.3, 0.4) is 0 Å². The van der Waals surface area contributed by atoms with Gasteiger partial charge in [-0.15, -0.1) is 0 Å². The quantitative estimate of drug-likeness (QED) is 0.694. The van der Waals surface area contributed by atoms with Crippen molar-refractivity contribution in [2.45, 2.75) is 52.1 Å². The van der Waals surface area contributed by atoms with Gasteiger partial charge in [0.15, 0.2) is 0 Å². The van der Waals surface area contributed by atoms with E-state index < -0.39 is 11.5 Å². The molecule has 0 fully saturated rings. The summed E-state index contributed by atoms with van der Waals surface area (Å²) in [6.07, 6.45) is 1.53. The number of carboxylic acids is 1. The number of hydrogen-bond donors (Lipinski definition) is 1. The van der Waals surface area contributed by atoms with Gasteiger partial charge >= 0.3 is 5.97 Å². The molecule has 0 aromatic rings. The van der Waals surface area contributed by atoms with Crippen LogP contribution in [0.1, 0.15) is 40.5 Å². The summed E-state index contributed by atoms with van der Waals surface area (Å²) in [6.45, 7) is 9.05. The van der Waals surface area contributed by atoms with Gasteiger partial charge in [0.1, 0.15) is 5.54 Å². The van der Waals surface area contributed by atoms with Gasteiger partial charge in [0.25, 0.3) is 0 Å². The van der Waals surface area contributed by atoms with Crippen molar-refractivity contribution in [1.29, 1.82) is 0 Å². The topological polar surface area (TPSA) is 49.8 Å². The Bertz CT molecular complexity index is 220. The molecule has 0 aliphatic rings. The molecule has 0 aromatic carbocycles. The molecular formula is C12H25NO3. The Morgan fingerprint density at radius 1 is 1.50 bits per heavy atom. The Hall–Kier alpha value is -0.610. The number of nitrogens with zero attached hydrogens (tertiary/aromatic N) is 1. The first kappa shape index (κ1) is 15.4. The van der Waals surface area contributed by atoms with Gasteiger partial charge in [0.05, 0.1) is 6.61 Å². The highest BCUT2D eigenvalue weighted by molar-refractivity contribution is 5.78. The molecule has 0 aromatic heterocycles. The summed E-state index contributed by atoms with van der Waals surface area (Å²) in [6, 6.07) is 0.246. The first-order chi connectivity index (χ1) is 7.43. The van der Waals surface area contributed by atoms with Gasteiger partial charge in [0, 0.05) is 19.7 Å². The van der Waals surface area contributed by atoms with Crippen LogP contribution in [0.15, 0.2) is 0 Å². The lowest BCUT2D eigenvalue weighted by atomic mass is 9.94. The van der Waals surface area contributed by atoms with Crippen LogP contribution in [0.4, 0.5) is 0 Å². The predicted molar refractivity (Wildman–Crippen MR) is 64.7 cm³/mol. The lowest BCUT2D eigenvalue weighted by molar-refractivity contribution is -0.153. The summed E-state index contributed by atoms with van der Waals surface area (Å²) >= 11 is 0. The molecule has 1 N–H and O–H groups in total. The number of methoxy groups -OCH3 is 1. The lowest BCUT2D eigenvalue weighted by Crippen LogP contribution is -2.56. The Labute approximate surface area is 98.6 Å². The van der Waals surface area contributed by atoms with Gasteiger partial charge in [-0.1, -0.05) is 13.8 Å². The molecule has 2 atom stereocenters. The number of carboxylic acid groups (broad SMARTS) is 1. The fourth-order valence-electron chi connectivity index (χ4n) is 1.84. The molecule has 0 saturated carbocycles. The van der Waals surface area contributed by atoms with Gasteiger partial charge in [0.2, 0.25) is 0 Å². The molecule has 96 valence electrons. The number of hydrogen-bond acceptors (Lipinski definition) is 3. The van der Waals surface area contributed by atoms with Gasteiger partial charge < -0.3 is 9.84 Å². The molecule has 0 heterocycles. The minimum absolute atomic E-state index is 0.246. The zero-order chi connectivity index (χ0) is 12.8. The van der Waals surface area contributed by atoms with Gasteiger partial charge in [-0.25, -0.2) is 0 Å². The maximum absolute atomic E-state index is 11.4. The highest BCUT2D eigenvalue weighted by atomic mass is 16.5. The molecule has 4 nitrogen and oxygen atoms in total. The second kappa shape index (κ2) is 6.86. The average Bonchev–Trinajstić information content (AvgIpc) is 2.28. The Morgan fingerprint density at radius 2 is 2.06 bits per heavy atom. The monoisotopic (exact) mass is 231 g/mol. The maximum atomic E-state index is 11.4. The van der Waals surface area contributed by atoms with Crippen LogP contribution in [0.5, 0.6) is 0 Å². The van der Waals surface area contributed by atoms with Gasteiger partial charge in [-0.3, -0.25) is 9.69 Å². The van der Waals surface area contributed by atoms with E-state index >= 15 is 0 Å². The Balaban J connectivity index is 4.89. The summed E-state index contributed by atoms with van der Waals surface area (Å²) in [5.74, 6) is -0.758. The second-order valence-corrected chi connectivity index (χ2v) is 4.38. The standard InChI is InChI=1S/C12H25NO3/c1-6-10(3)13(8-9-16-5)12(4,7-2)11(14)15/h10H,6-9H2,1-5H3,(H,14,15). The number of rotatable bonds is 8. The molecule has 0 spiro atoms. The average molecular weight is 231 g/mol. The van der Waals surface area contributed by atoms with Crippen LogP contribution < -0.4 is 0 Å². The first-order valence-electron chi connectivity index (χ1n) is 5.93. The second-order valence-electron chi connectivity index (χ2n) is 4.38. The van der Waals surface area contributed by atoms with E-state index in [1.54, 1.807) is 14.0 Å². The fourth-order valence-corrected chi connectivity index (χ4v) is 1.84. The van der Waals surface area contributed by atoms with Crippen LogP contribution in [0.25, 0.3) is 0 Å². The highest BCUT2D eigenvalue weighted by Gasteiger charge is 2.39. The van der Waals surface area contributed by atoms with E-state index in [2.05, 4.69) is 13.8 Å². The van der Waals surface area contributed by atoms with E-state index in [1.807, 2.05) is 11.8 Å². The van der Waals surface area contributed by atoms with Crippen molar-refractivity contribution < 1.29 is 14.6 Å². The van der Waals surface area contributed by atoms with Crippen molar-refractivity contribution in [3.8, 4) is 0 Å². The molecule has 0 aliphatic carbocycles. The maximum Gasteiger partial charge on any atom is 0.323 e. The molecule has 0 amide bonds. The van der Waals surface area contributed by atoms with Crippen molar-refractivity contribution in [3.63, 3.8) is 0 Å². The molecule has 0 radical (unpaired) electrons. The molecule has 4 heteroatoms. The minimum Gasteiger partial charge on any atom is -0.480 e. The Kier molecular flexibility index (Phi) is 6.60. The van der Waals surface area contributed by atoms with E-state index in [1.165, 1.54) is 0 Å². The summed E-state index contributed by atoms with van der Waals surface area (Å²) in [5.41, 5.74) is -0.798. The van der Waals surface area contributed by atoms with Crippen molar-refractivity contribution >= 4 is 5.97 Å². The smallest absolute Gasteiger partial charge is 0.323 e. The predicted octanol–water partition coefficient (Wildman–Crippen LogP) is 1.99. The molecule has 0 rings (SSSR count). The van der Waals surface area contributed by atoms with E-state index in [4.69, 9.17) is 4.74 Å². The first-order valence-corrected chi connectivity index (χ1v) is 5.93. The molecule has 16 heavy (non-hydrogen) atoms. The molecule has 2 unspecified atom stereocenters. The van der Waals surface area contributed by atoms with Crippen molar-refractivity contribution in [3.05, 3.63) is 0 Å². The number of ether oxygens (including phenoxy) is 1. The molecule has 0 saturated heterocycles. The molecular weight excluding hydrogens is 206 g/mol. The van der Waals surface area contributed by atoms with Crippen LogP contribution in [-0.2, 0) is 9.53 Å². The number of carbonyl (C=O) groups is 1. The summed E-state index contributed by atoms with van der Waals surface area (Å²) < 4.78 is 5.05. The Morgan fingerprint density at radius 3 is 2.38 bits per heavy atom. The fraction of sp³-hybridized carbons (Fsp3) is 0.917.